The van der Waals surface area contributed by atoms with Crippen LogP contribution in [-0.4, -0.2) is 29.8 Å². The van der Waals surface area contributed by atoms with E-state index in [2.05, 4.69) is 5.32 Å². The minimum absolute atomic E-state index is 0.000398. The van der Waals surface area contributed by atoms with Crippen molar-refractivity contribution < 1.29 is 9.59 Å². The molecule has 2 amide bonds. The molecule has 1 aromatic carbocycles. The van der Waals surface area contributed by atoms with Crippen molar-refractivity contribution >= 4 is 23.2 Å². The minimum Gasteiger partial charge on any atom is -0.352 e. The Morgan fingerprint density at radius 3 is 2.44 bits per heavy atom. The summed E-state index contributed by atoms with van der Waals surface area (Å²) in [6.45, 7) is 5.94. The molecule has 2 aromatic rings. The fourth-order valence-corrected chi connectivity index (χ4v) is 4.11. The Kier molecular flexibility index (Phi) is 5.53. The van der Waals surface area contributed by atoms with Gasteiger partial charge in [0.1, 0.15) is 0 Å². The highest BCUT2D eigenvalue weighted by Gasteiger charge is 2.28. The Morgan fingerprint density at radius 2 is 1.84 bits per heavy atom. The van der Waals surface area contributed by atoms with E-state index >= 15 is 0 Å². The minimum atomic E-state index is -0.000398. The Bertz CT molecular complexity index is 727. The van der Waals surface area contributed by atoms with Gasteiger partial charge in [-0.2, -0.15) is 0 Å². The molecule has 132 valence electrons. The van der Waals surface area contributed by atoms with Crippen molar-refractivity contribution in [1.82, 2.24) is 10.2 Å². The summed E-state index contributed by atoms with van der Waals surface area (Å²) in [5, 5.41) is 3.01. The van der Waals surface area contributed by atoms with Crippen LogP contribution >= 0.6 is 11.3 Å². The van der Waals surface area contributed by atoms with Crippen molar-refractivity contribution in [3.8, 4) is 0 Å². The Labute approximate surface area is 152 Å². The first kappa shape index (κ1) is 17.7. The zero-order chi connectivity index (χ0) is 17.8. The van der Waals surface area contributed by atoms with Crippen molar-refractivity contribution in [2.45, 2.75) is 33.2 Å². The lowest BCUT2D eigenvalue weighted by Gasteiger charge is -2.31. The third-order valence-corrected chi connectivity index (χ3v) is 5.98. The van der Waals surface area contributed by atoms with Gasteiger partial charge in [0.15, 0.2) is 0 Å². The van der Waals surface area contributed by atoms with Gasteiger partial charge in [0, 0.05) is 30.4 Å². The van der Waals surface area contributed by atoms with E-state index in [1.165, 1.54) is 10.4 Å². The number of carbonyl (C=O) groups is 2. The molecule has 1 N–H and O–H groups in total. The van der Waals surface area contributed by atoms with E-state index < -0.39 is 0 Å². The summed E-state index contributed by atoms with van der Waals surface area (Å²) in [6, 6.07) is 11.9. The van der Waals surface area contributed by atoms with E-state index in [1.54, 1.807) is 11.3 Å². The number of amides is 2. The molecule has 1 aliphatic heterocycles. The number of benzene rings is 1. The molecule has 0 bridgehead atoms. The van der Waals surface area contributed by atoms with E-state index in [9.17, 15) is 9.59 Å². The van der Waals surface area contributed by atoms with E-state index in [4.69, 9.17) is 0 Å². The van der Waals surface area contributed by atoms with Crippen LogP contribution < -0.4 is 5.32 Å². The smallest absolute Gasteiger partial charge is 0.263 e. The van der Waals surface area contributed by atoms with Gasteiger partial charge in [-0.3, -0.25) is 9.59 Å². The number of likely N-dealkylation sites (tertiary alicyclic amines) is 1. The van der Waals surface area contributed by atoms with Crippen LogP contribution in [0.1, 0.15) is 38.5 Å². The van der Waals surface area contributed by atoms with Gasteiger partial charge in [-0.05, 0) is 43.9 Å². The summed E-state index contributed by atoms with van der Waals surface area (Å²) in [5.74, 6) is 0.197. The number of carbonyl (C=O) groups excluding carboxylic acids is 2. The van der Waals surface area contributed by atoms with Gasteiger partial charge in [-0.25, -0.2) is 0 Å². The maximum absolute atomic E-state index is 12.6. The molecule has 1 aliphatic rings. The number of hydrogen-bond donors (Lipinski definition) is 1. The number of piperidine rings is 1. The lowest BCUT2D eigenvalue weighted by atomic mass is 9.95. The number of aryl methyl sites for hydroxylation is 2. The fraction of sp³-hybridized carbons (Fsp3) is 0.400. The molecular weight excluding hydrogens is 332 g/mol. The molecule has 1 aromatic heterocycles. The van der Waals surface area contributed by atoms with Crippen molar-refractivity contribution in [3.05, 3.63) is 57.3 Å². The number of thiophene rings is 1. The molecule has 0 atom stereocenters. The molecule has 0 aliphatic carbocycles. The summed E-state index contributed by atoms with van der Waals surface area (Å²) in [7, 11) is 0. The second-order valence-corrected chi connectivity index (χ2v) is 7.88. The van der Waals surface area contributed by atoms with Crippen LogP contribution in [0.4, 0.5) is 0 Å². The summed E-state index contributed by atoms with van der Waals surface area (Å²) >= 11 is 1.56. The molecule has 0 radical (unpaired) electrons. The van der Waals surface area contributed by atoms with Crippen LogP contribution in [0, 0.1) is 19.8 Å². The lowest BCUT2D eigenvalue weighted by Crippen LogP contribution is -2.42. The van der Waals surface area contributed by atoms with E-state index in [1.807, 2.05) is 55.1 Å². The average molecular weight is 356 g/mol. The fourth-order valence-electron chi connectivity index (χ4n) is 3.11. The highest BCUT2D eigenvalue weighted by molar-refractivity contribution is 7.14. The highest BCUT2D eigenvalue weighted by Crippen LogP contribution is 2.25. The quantitative estimate of drug-likeness (QED) is 0.911. The molecule has 4 nitrogen and oxygen atoms in total. The molecular formula is C20H24N2O2S. The van der Waals surface area contributed by atoms with Gasteiger partial charge in [-0.1, -0.05) is 30.3 Å². The van der Waals surface area contributed by atoms with Crippen LogP contribution in [-0.2, 0) is 11.3 Å². The Balaban J connectivity index is 1.49. The van der Waals surface area contributed by atoms with Crippen molar-refractivity contribution in [2.75, 3.05) is 13.1 Å². The third kappa shape index (κ3) is 4.28. The maximum atomic E-state index is 12.6. The van der Waals surface area contributed by atoms with Crippen LogP contribution in [0.2, 0.25) is 0 Å². The van der Waals surface area contributed by atoms with Crippen LogP contribution in [0.3, 0.4) is 0 Å². The summed E-state index contributed by atoms with van der Waals surface area (Å²) in [5.41, 5.74) is 2.27. The predicted octanol–water partition coefficient (Wildman–Crippen LogP) is 3.53. The monoisotopic (exact) mass is 356 g/mol. The molecule has 3 rings (SSSR count). The van der Waals surface area contributed by atoms with E-state index in [0.29, 0.717) is 19.6 Å². The topological polar surface area (TPSA) is 49.4 Å². The average Bonchev–Trinajstić information content (AvgIpc) is 2.99. The van der Waals surface area contributed by atoms with Gasteiger partial charge in [0.25, 0.3) is 5.91 Å². The van der Waals surface area contributed by atoms with Gasteiger partial charge in [-0.15, -0.1) is 11.3 Å². The van der Waals surface area contributed by atoms with E-state index in [-0.39, 0.29) is 17.7 Å². The highest BCUT2D eigenvalue weighted by atomic mass is 32.1. The first-order valence-electron chi connectivity index (χ1n) is 8.72. The number of nitrogens with zero attached hydrogens (tertiary/aromatic N) is 1. The zero-order valence-corrected chi connectivity index (χ0v) is 15.6. The molecule has 0 saturated carbocycles. The van der Waals surface area contributed by atoms with Crippen LogP contribution in [0.15, 0.2) is 36.4 Å². The molecule has 5 heteroatoms. The largest absolute Gasteiger partial charge is 0.352 e. The molecule has 1 saturated heterocycles. The van der Waals surface area contributed by atoms with Crippen molar-refractivity contribution in [3.63, 3.8) is 0 Å². The van der Waals surface area contributed by atoms with Crippen molar-refractivity contribution in [1.29, 1.82) is 0 Å². The molecule has 1 fully saturated rings. The second-order valence-electron chi connectivity index (χ2n) is 6.62. The number of nitrogens with one attached hydrogen (secondary N) is 1. The lowest BCUT2D eigenvalue weighted by molar-refractivity contribution is -0.126. The van der Waals surface area contributed by atoms with Gasteiger partial charge < -0.3 is 10.2 Å². The van der Waals surface area contributed by atoms with Gasteiger partial charge >= 0.3 is 0 Å². The Hall–Kier alpha value is -2.14. The first-order chi connectivity index (χ1) is 12.0. The SMILES string of the molecule is Cc1cc(C(=O)N2CCC(C(=O)NCc3ccccc3)CC2)sc1C. The summed E-state index contributed by atoms with van der Waals surface area (Å²) in [6.07, 6.45) is 1.46. The predicted molar refractivity (Wildman–Crippen MR) is 101 cm³/mol. The summed E-state index contributed by atoms with van der Waals surface area (Å²) in [4.78, 5) is 28.8. The molecule has 25 heavy (non-hydrogen) atoms. The van der Waals surface area contributed by atoms with Gasteiger partial charge in [0.2, 0.25) is 5.91 Å². The van der Waals surface area contributed by atoms with Crippen LogP contribution in [0.25, 0.3) is 0 Å². The normalized spacial score (nSPS) is 15.2. The molecule has 0 spiro atoms. The van der Waals surface area contributed by atoms with Crippen molar-refractivity contribution in [2.24, 2.45) is 5.92 Å². The first-order valence-corrected chi connectivity index (χ1v) is 9.54. The second kappa shape index (κ2) is 7.83. The standard InChI is InChI=1S/C20H24N2O2S/c1-14-12-18(25-15(14)2)20(24)22-10-8-17(9-11-22)19(23)21-13-16-6-4-3-5-7-16/h3-7,12,17H,8-11,13H2,1-2H3,(H,21,23). The third-order valence-electron chi connectivity index (χ3n) is 4.84. The Morgan fingerprint density at radius 1 is 1.16 bits per heavy atom. The van der Waals surface area contributed by atoms with E-state index in [0.717, 1.165) is 23.3 Å². The summed E-state index contributed by atoms with van der Waals surface area (Å²) < 4.78 is 0. The molecule has 0 unspecified atom stereocenters. The number of rotatable bonds is 4. The van der Waals surface area contributed by atoms with Gasteiger partial charge in [0.05, 0.1) is 4.88 Å². The van der Waals surface area contributed by atoms with Crippen LogP contribution in [0.5, 0.6) is 0 Å². The molecule has 2 heterocycles. The maximum Gasteiger partial charge on any atom is 0.263 e. The zero-order valence-electron chi connectivity index (χ0n) is 14.7. The number of hydrogen-bond acceptors (Lipinski definition) is 3.